The molecule has 0 amide bonds. The first-order valence-electron chi connectivity index (χ1n) is 10.7. The third kappa shape index (κ3) is 4.01. The van der Waals surface area contributed by atoms with E-state index in [0.717, 1.165) is 26.9 Å². The van der Waals surface area contributed by atoms with Gasteiger partial charge in [-0.25, -0.2) is 0 Å². The molecule has 0 N–H and O–H groups in total. The Morgan fingerprint density at radius 3 is 2.12 bits per heavy atom. The summed E-state index contributed by atoms with van der Waals surface area (Å²) in [5.74, 6) is 1.21. The van der Waals surface area contributed by atoms with E-state index in [1.807, 2.05) is 54.6 Å². The summed E-state index contributed by atoms with van der Waals surface area (Å²) in [4.78, 5) is 29.9. The van der Waals surface area contributed by atoms with Gasteiger partial charge >= 0.3 is 0 Å². The van der Waals surface area contributed by atoms with E-state index >= 15 is 0 Å². The van der Waals surface area contributed by atoms with Crippen LogP contribution in [-0.4, -0.2) is 17.3 Å². The van der Waals surface area contributed by atoms with Crippen LogP contribution in [0.25, 0.3) is 0 Å². The highest BCUT2D eigenvalue weighted by Gasteiger charge is 2.33. The Morgan fingerprint density at radius 1 is 0.812 bits per heavy atom. The van der Waals surface area contributed by atoms with Crippen LogP contribution in [0.15, 0.2) is 105 Å². The minimum absolute atomic E-state index is 0.0526. The van der Waals surface area contributed by atoms with Crippen LogP contribution < -0.4 is 0 Å². The minimum Gasteiger partial charge on any atom is -0.289 e. The summed E-state index contributed by atoms with van der Waals surface area (Å²) < 4.78 is 0. The van der Waals surface area contributed by atoms with Crippen molar-refractivity contribution in [2.45, 2.75) is 28.0 Å². The van der Waals surface area contributed by atoms with Gasteiger partial charge in [0.25, 0.3) is 0 Å². The number of hydrogen-bond acceptors (Lipinski definition) is 4. The molecule has 0 saturated heterocycles. The Bertz CT molecular complexity index is 1270. The zero-order valence-corrected chi connectivity index (χ0v) is 19.3. The first kappa shape index (κ1) is 21.0. The number of thioether (sulfide) groups is 1. The molecule has 3 aromatic carbocycles. The maximum atomic E-state index is 13.6. The molecule has 2 aliphatic carbocycles. The lowest BCUT2D eigenvalue weighted by Gasteiger charge is -2.22. The Labute approximate surface area is 196 Å². The standard InChI is InChI=1S/C28H22O2S2/c1-18-13-15-19(16-14-18)17-31-23-11-5-9-21-25(23)27(29)22-10-6-12-24(26(22)28(21)30)32-20-7-3-2-4-8-20/h2-15,19H,16-17H2,1H3. The minimum atomic E-state index is -0.0628. The van der Waals surface area contributed by atoms with Gasteiger partial charge in [0, 0.05) is 42.7 Å². The van der Waals surface area contributed by atoms with Gasteiger partial charge in [-0.3, -0.25) is 9.59 Å². The van der Waals surface area contributed by atoms with E-state index in [1.165, 1.54) is 17.3 Å². The molecule has 0 saturated carbocycles. The average Bonchev–Trinajstić information content (AvgIpc) is 2.82. The molecule has 0 aromatic heterocycles. The molecule has 0 fully saturated rings. The summed E-state index contributed by atoms with van der Waals surface area (Å²) in [7, 11) is 0. The maximum Gasteiger partial charge on any atom is 0.195 e. The fourth-order valence-corrected chi connectivity index (χ4v) is 6.25. The Hall–Kier alpha value is -2.82. The van der Waals surface area contributed by atoms with Gasteiger partial charge in [-0.2, -0.15) is 0 Å². The molecule has 0 aliphatic heterocycles. The monoisotopic (exact) mass is 454 g/mol. The largest absolute Gasteiger partial charge is 0.289 e. The van der Waals surface area contributed by atoms with Crippen LogP contribution in [0.1, 0.15) is 45.2 Å². The molecule has 0 spiro atoms. The summed E-state index contributed by atoms with van der Waals surface area (Å²) in [6.07, 6.45) is 7.67. The lowest BCUT2D eigenvalue weighted by atomic mass is 9.84. The molecule has 0 heterocycles. The van der Waals surface area contributed by atoms with Crippen molar-refractivity contribution >= 4 is 35.1 Å². The van der Waals surface area contributed by atoms with Crippen molar-refractivity contribution in [3.8, 4) is 0 Å². The quantitative estimate of drug-likeness (QED) is 0.298. The average molecular weight is 455 g/mol. The molecular formula is C28H22O2S2. The number of hydrogen-bond donors (Lipinski definition) is 0. The predicted molar refractivity (Wildman–Crippen MR) is 132 cm³/mol. The van der Waals surface area contributed by atoms with Crippen LogP contribution in [0.2, 0.25) is 0 Å². The van der Waals surface area contributed by atoms with Crippen molar-refractivity contribution in [3.05, 3.63) is 113 Å². The molecular weight excluding hydrogens is 432 g/mol. The summed E-state index contributed by atoms with van der Waals surface area (Å²) >= 11 is 3.20. The van der Waals surface area contributed by atoms with Gasteiger partial charge in [-0.05, 0) is 43.5 Å². The summed E-state index contributed by atoms with van der Waals surface area (Å²) in [5.41, 5.74) is 3.40. The predicted octanol–water partition coefficient (Wildman–Crippen LogP) is 7.23. The van der Waals surface area contributed by atoms with E-state index in [1.54, 1.807) is 23.9 Å². The number of carbonyl (C=O) groups excluding carboxylic acids is 2. The molecule has 158 valence electrons. The number of rotatable bonds is 5. The van der Waals surface area contributed by atoms with E-state index in [-0.39, 0.29) is 11.6 Å². The third-order valence-electron chi connectivity index (χ3n) is 5.79. The second-order valence-electron chi connectivity index (χ2n) is 8.04. The van der Waals surface area contributed by atoms with Crippen LogP contribution in [0.5, 0.6) is 0 Å². The summed E-state index contributed by atoms with van der Waals surface area (Å²) in [5, 5.41) is 0. The Balaban J connectivity index is 1.47. The fourth-order valence-electron chi connectivity index (χ4n) is 4.09. The first-order valence-corrected chi connectivity index (χ1v) is 12.5. The zero-order valence-electron chi connectivity index (χ0n) is 17.7. The highest BCUT2D eigenvalue weighted by molar-refractivity contribution is 7.99. The number of allylic oxidation sites excluding steroid dienone is 4. The Morgan fingerprint density at radius 2 is 1.47 bits per heavy atom. The van der Waals surface area contributed by atoms with Crippen LogP contribution in [0.4, 0.5) is 0 Å². The smallest absolute Gasteiger partial charge is 0.195 e. The molecule has 4 heteroatoms. The van der Waals surface area contributed by atoms with Crippen molar-refractivity contribution in [1.29, 1.82) is 0 Å². The van der Waals surface area contributed by atoms with Gasteiger partial charge in [0.2, 0.25) is 0 Å². The van der Waals surface area contributed by atoms with Crippen molar-refractivity contribution in [2.24, 2.45) is 5.92 Å². The molecule has 32 heavy (non-hydrogen) atoms. The highest BCUT2D eigenvalue weighted by atomic mass is 32.2. The Kier molecular flexibility index (Phi) is 5.90. The van der Waals surface area contributed by atoms with Crippen LogP contribution in [0, 0.1) is 5.92 Å². The van der Waals surface area contributed by atoms with Crippen molar-refractivity contribution in [2.75, 3.05) is 5.75 Å². The van der Waals surface area contributed by atoms with Gasteiger partial charge in [0.15, 0.2) is 11.6 Å². The summed E-state index contributed by atoms with van der Waals surface area (Å²) in [6, 6.07) is 21.2. The molecule has 5 rings (SSSR count). The molecule has 2 aliphatic rings. The van der Waals surface area contributed by atoms with Gasteiger partial charge in [0.1, 0.15) is 0 Å². The van der Waals surface area contributed by atoms with Crippen molar-refractivity contribution in [1.82, 2.24) is 0 Å². The van der Waals surface area contributed by atoms with Crippen LogP contribution in [-0.2, 0) is 0 Å². The van der Waals surface area contributed by atoms with Gasteiger partial charge in [0.05, 0.1) is 0 Å². The molecule has 0 bridgehead atoms. The van der Waals surface area contributed by atoms with Crippen LogP contribution in [0.3, 0.4) is 0 Å². The fraction of sp³-hybridized carbons (Fsp3) is 0.143. The van der Waals surface area contributed by atoms with E-state index in [4.69, 9.17) is 0 Å². The lowest BCUT2D eigenvalue weighted by Crippen LogP contribution is -2.22. The SMILES string of the molecule is CC1=CCC(CSc2cccc3c2C(=O)c2cccc(Sc4ccccc4)c2C3=O)C=C1. The number of fused-ring (bicyclic) bond motifs is 2. The van der Waals surface area contributed by atoms with Gasteiger partial charge in [-0.1, -0.05) is 78.0 Å². The van der Waals surface area contributed by atoms with E-state index < -0.39 is 0 Å². The maximum absolute atomic E-state index is 13.6. The molecule has 1 atom stereocenters. The molecule has 1 unspecified atom stereocenters. The topological polar surface area (TPSA) is 34.1 Å². The van der Waals surface area contributed by atoms with Crippen molar-refractivity contribution < 1.29 is 9.59 Å². The van der Waals surface area contributed by atoms with Crippen LogP contribution >= 0.6 is 23.5 Å². The second kappa shape index (κ2) is 8.97. The summed E-state index contributed by atoms with van der Waals surface area (Å²) in [6.45, 7) is 2.11. The van der Waals surface area contributed by atoms with E-state index in [0.29, 0.717) is 28.2 Å². The number of carbonyl (C=O) groups is 2. The molecule has 2 nitrogen and oxygen atoms in total. The normalized spacial score (nSPS) is 17.0. The van der Waals surface area contributed by atoms with Gasteiger partial charge in [-0.15, -0.1) is 11.8 Å². The zero-order chi connectivity index (χ0) is 22.1. The first-order chi connectivity index (χ1) is 15.6. The van der Waals surface area contributed by atoms with E-state index in [9.17, 15) is 9.59 Å². The molecule has 3 aromatic rings. The highest BCUT2D eigenvalue weighted by Crippen LogP contribution is 2.40. The van der Waals surface area contributed by atoms with E-state index in [2.05, 4.69) is 25.2 Å². The van der Waals surface area contributed by atoms with Crippen molar-refractivity contribution in [3.63, 3.8) is 0 Å². The van der Waals surface area contributed by atoms with Gasteiger partial charge < -0.3 is 0 Å². The number of benzene rings is 3. The lowest BCUT2D eigenvalue weighted by molar-refractivity contribution is 0.0974. The second-order valence-corrected chi connectivity index (χ2v) is 10.2. The third-order valence-corrected chi connectivity index (χ3v) is 8.11. The number of ketones is 2. The molecule has 0 radical (unpaired) electrons.